The van der Waals surface area contributed by atoms with Gasteiger partial charge < -0.3 is 15.0 Å². The Morgan fingerprint density at radius 3 is 2.56 bits per heavy atom. The van der Waals surface area contributed by atoms with Gasteiger partial charge in [-0.2, -0.15) is 0 Å². The lowest BCUT2D eigenvalue weighted by molar-refractivity contribution is 0.0724. The number of thiazole rings is 1. The Balaban J connectivity index is 1.30. The number of carbonyl (C=O) groups excluding carboxylic acids is 2. The number of rotatable bonds is 7. The highest BCUT2D eigenvalue weighted by molar-refractivity contribution is 7.09. The summed E-state index contributed by atoms with van der Waals surface area (Å²) >= 11 is 1.59. The summed E-state index contributed by atoms with van der Waals surface area (Å²) in [4.78, 5) is 31.5. The van der Waals surface area contributed by atoms with E-state index < -0.39 is 0 Å². The van der Waals surface area contributed by atoms with Gasteiger partial charge in [0.1, 0.15) is 12.4 Å². The topological polar surface area (TPSA) is 71.5 Å². The fourth-order valence-corrected chi connectivity index (χ4v) is 4.31. The fraction of sp³-hybridized carbons (Fsp3) is 0.320. The number of amides is 2. The number of likely N-dealkylation sites (tertiary alicyclic amines) is 1. The molecule has 0 atom stereocenters. The highest BCUT2D eigenvalue weighted by Gasteiger charge is 2.18. The molecule has 0 radical (unpaired) electrons. The van der Waals surface area contributed by atoms with Gasteiger partial charge in [-0.15, -0.1) is 11.3 Å². The standard InChI is InChI=1S/C25H27N3O3S/c1-18-27-22(17-32-18)16-31-23-10-8-20(9-11-23)24(29)26-15-19-6-5-7-21(14-19)25(30)28-12-3-2-4-13-28/h5-11,14,17H,2-4,12-13,15-16H2,1H3,(H,26,29). The Morgan fingerprint density at radius 1 is 1.06 bits per heavy atom. The Morgan fingerprint density at radius 2 is 1.84 bits per heavy atom. The number of nitrogens with one attached hydrogen (secondary N) is 1. The number of carbonyl (C=O) groups is 2. The summed E-state index contributed by atoms with van der Waals surface area (Å²) in [6.07, 6.45) is 3.32. The molecule has 0 unspecified atom stereocenters. The van der Waals surface area contributed by atoms with E-state index >= 15 is 0 Å². The second kappa shape index (κ2) is 10.4. The van der Waals surface area contributed by atoms with Crippen molar-refractivity contribution in [1.29, 1.82) is 0 Å². The maximum atomic E-state index is 12.7. The van der Waals surface area contributed by atoms with Crippen LogP contribution in [0.3, 0.4) is 0 Å². The zero-order valence-electron chi connectivity index (χ0n) is 18.2. The average molecular weight is 450 g/mol. The van der Waals surface area contributed by atoms with Crippen LogP contribution in [0.25, 0.3) is 0 Å². The van der Waals surface area contributed by atoms with E-state index in [1.54, 1.807) is 35.6 Å². The molecule has 0 spiro atoms. The molecule has 6 nitrogen and oxygen atoms in total. The molecule has 1 fully saturated rings. The van der Waals surface area contributed by atoms with E-state index in [0.717, 1.165) is 42.2 Å². The van der Waals surface area contributed by atoms with Crippen molar-refractivity contribution in [2.24, 2.45) is 0 Å². The van der Waals surface area contributed by atoms with Crippen LogP contribution in [0.1, 0.15) is 56.2 Å². The molecule has 2 aromatic carbocycles. The van der Waals surface area contributed by atoms with Crippen molar-refractivity contribution < 1.29 is 14.3 Å². The molecule has 4 rings (SSSR count). The van der Waals surface area contributed by atoms with Crippen LogP contribution in [0, 0.1) is 6.92 Å². The van der Waals surface area contributed by atoms with Crippen LogP contribution in [-0.4, -0.2) is 34.8 Å². The Labute approximate surface area is 192 Å². The second-order valence-electron chi connectivity index (χ2n) is 7.91. The van der Waals surface area contributed by atoms with E-state index in [-0.39, 0.29) is 11.8 Å². The highest BCUT2D eigenvalue weighted by atomic mass is 32.1. The number of benzene rings is 2. The maximum absolute atomic E-state index is 12.7. The van der Waals surface area contributed by atoms with E-state index in [1.165, 1.54) is 6.42 Å². The molecular weight excluding hydrogens is 422 g/mol. The van der Waals surface area contributed by atoms with Gasteiger partial charge in [-0.05, 0) is 68.1 Å². The van der Waals surface area contributed by atoms with Crippen LogP contribution in [0.4, 0.5) is 0 Å². The first kappa shape index (κ1) is 22.0. The lowest BCUT2D eigenvalue weighted by Crippen LogP contribution is -2.35. The largest absolute Gasteiger partial charge is 0.487 e. The first-order valence-corrected chi connectivity index (χ1v) is 11.8. The fourth-order valence-electron chi connectivity index (χ4n) is 3.71. The molecule has 1 aliphatic rings. The number of nitrogens with zero attached hydrogens (tertiary/aromatic N) is 2. The van der Waals surface area contributed by atoms with E-state index in [2.05, 4.69) is 10.3 Å². The Bertz CT molecular complexity index is 1070. The van der Waals surface area contributed by atoms with Crippen molar-refractivity contribution in [1.82, 2.24) is 15.2 Å². The zero-order chi connectivity index (χ0) is 22.3. The number of aromatic nitrogens is 1. The lowest BCUT2D eigenvalue weighted by atomic mass is 10.1. The van der Waals surface area contributed by atoms with Crippen LogP contribution in [0.5, 0.6) is 5.75 Å². The highest BCUT2D eigenvalue weighted by Crippen LogP contribution is 2.17. The zero-order valence-corrected chi connectivity index (χ0v) is 19.0. The molecule has 1 aliphatic heterocycles. The van der Waals surface area contributed by atoms with Crippen LogP contribution < -0.4 is 10.1 Å². The Hall–Kier alpha value is -3.19. The summed E-state index contributed by atoms with van der Waals surface area (Å²) in [5.41, 5.74) is 3.04. The summed E-state index contributed by atoms with van der Waals surface area (Å²) in [6, 6.07) is 14.6. The third-order valence-corrected chi connectivity index (χ3v) is 6.26. The number of aryl methyl sites for hydroxylation is 1. The van der Waals surface area contributed by atoms with Gasteiger partial charge in [0.2, 0.25) is 0 Å². The maximum Gasteiger partial charge on any atom is 0.253 e. The van der Waals surface area contributed by atoms with Gasteiger partial charge in [0.15, 0.2) is 0 Å². The third-order valence-electron chi connectivity index (χ3n) is 5.44. The van der Waals surface area contributed by atoms with Gasteiger partial charge in [-0.1, -0.05) is 12.1 Å². The quantitative estimate of drug-likeness (QED) is 0.573. The molecule has 7 heteroatoms. The first-order valence-electron chi connectivity index (χ1n) is 10.9. The number of hydrogen-bond donors (Lipinski definition) is 1. The van der Waals surface area contributed by atoms with E-state index in [1.807, 2.05) is 41.5 Å². The summed E-state index contributed by atoms with van der Waals surface area (Å²) in [7, 11) is 0. The molecule has 0 saturated carbocycles. The normalized spacial score (nSPS) is 13.6. The first-order chi connectivity index (χ1) is 15.6. The molecule has 0 aliphatic carbocycles. The molecule has 166 valence electrons. The van der Waals surface area contributed by atoms with Gasteiger partial charge in [0, 0.05) is 36.1 Å². The minimum absolute atomic E-state index is 0.0706. The lowest BCUT2D eigenvalue weighted by Gasteiger charge is -2.26. The Kier molecular flexibility index (Phi) is 7.17. The minimum atomic E-state index is -0.167. The summed E-state index contributed by atoms with van der Waals surface area (Å²) < 4.78 is 5.73. The van der Waals surface area contributed by atoms with Crippen molar-refractivity contribution >= 4 is 23.2 Å². The van der Waals surface area contributed by atoms with Gasteiger partial charge in [-0.3, -0.25) is 9.59 Å². The van der Waals surface area contributed by atoms with E-state index in [0.29, 0.717) is 30.0 Å². The van der Waals surface area contributed by atoms with Gasteiger partial charge >= 0.3 is 0 Å². The average Bonchev–Trinajstić information content (AvgIpc) is 3.27. The SMILES string of the molecule is Cc1nc(COc2ccc(C(=O)NCc3cccc(C(=O)N4CCCCC4)c3)cc2)cs1. The summed E-state index contributed by atoms with van der Waals surface area (Å²) in [5, 5.41) is 5.92. The van der Waals surface area contributed by atoms with E-state index in [9.17, 15) is 9.59 Å². The molecule has 2 amide bonds. The molecule has 3 aromatic rings. The van der Waals surface area contributed by atoms with E-state index in [4.69, 9.17) is 4.74 Å². The van der Waals surface area contributed by atoms with Crippen molar-refractivity contribution in [3.63, 3.8) is 0 Å². The molecule has 1 aromatic heterocycles. The van der Waals surface area contributed by atoms with Crippen LogP contribution in [0.15, 0.2) is 53.9 Å². The molecule has 32 heavy (non-hydrogen) atoms. The minimum Gasteiger partial charge on any atom is -0.487 e. The number of hydrogen-bond acceptors (Lipinski definition) is 5. The van der Waals surface area contributed by atoms with Gasteiger partial charge in [0.05, 0.1) is 10.7 Å². The van der Waals surface area contributed by atoms with Gasteiger partial charge in [-0.25, -0.2) is 4.98 Å². The van der Waals surface area contributed by atoms with Crippen LogP contribution in [0.2, 0.25) is 0 Å². The molecule has 0 bridgehead atoms. The number of ether oxygens (including phenoxy) is 1. The third kappa shape index (κ3) is 5.73. The van der Waals surface area contributed by atoms with Crippen LogP contribution in [-0.2, 0) is 13.2 Å². The molecule has 2 heterocycles. The predicted molar refractivity (Wildman–Crippen MR) is 125 cm³/mol. The van der Waals surface area contributed by atoms with Crippen molar-refractivity contribution in [3.05, 3.63) is 81.3 Å². The summed E-state index contributed by atoms with van der Waals surface area (Å²) in [6.45, 7) is 4.37. The predicted octanol–water partition coefficient (Wildman–Crippen LogP) is 4.59. The molecule has 1 saturated heterocycles. The number of piperidine rings is 1. The second-order valence-corrected chi connectivity index (χ2v) is 8.97. The van der Waals surface area contributed by atoms with Crippen molar-refractivity contribution in [2.45, 2.75) is 39.3 Å². The summed E-state index contributed by atoms with van der Waals surface area (Å²) in [5.74, 6) is 0.594. The molecule has 1 N–H and O–H groups in total. The molecular formula is C25H27N3O3S. The monoisotopic (exact) mass is 449 g/mol. The van der Waals surface area contributed by atoms with Crippen molar-refractivity contribution in [2.75, 3.05) is 13.1 Å². The van der Waals surface area contributed by atoms with Gasteiger partial charge in [0.25, 0.3) is 11.8 Å². The smallest absolute Gasteiger partial charge is 0.253 e. The van der Waals surface area contributed by atoms with Crippen LogP contribution >= 0.6 is 11.3 Å². The van der Waals surface area contributed by atoms with Crippen molar-refractivity contribution in [3.8, 4) is 5.75 Å².